The summed E-state index contributed by atoms with van der Waals surface area (Å²) in [5, 5.41) is 25.2. The number of aliphatic carboxylic acids is 1. The van der Waals surface area contributed by atoms with Crippen molar-refractivity contribution in [2.45, 2.75) is 19.0 Å². The third kappa shape index (κ3) is 5.24. The zero-order chi connectivity index (χ0) is 19.1. The minimum atomic E-state index is -1.21. The molecule has 1 heterocycles. The molecule has 1 atom stereocenters. The molecule has 26 heavy (non-hydrogen) atoms. The quantitative estimate of drug-likeness (QED) is 0.310. The van der Waals surface area contributed by atoms with Gasteiger partial charge in [0.15, 0.2) is 0 Å². The number of nitro benzene ring substituents is 1. The van der Waals surface area contributed by atoms with E-state index >= 15 is 0 Å². The van der Waals surface area contributed by atoms with Gasteiger partial charge in [-0.2, -0.15) is 0 Å². The number of non-ortho nitro benzene ring substituents is 1. The van der Waals surface area contributed by atoms with E-state index in [1.807, 2.05) is 0 Å². The number of carbonyl (C=O) groups excluding carboxylic acids is 1. The number of carboxylic acid groups (broad SMARTS) is 1. The Balaban J connectivity index is 2.00. The van der Waals surface area contributed by atoms with E-state index in [0.29, 0.717) is 5.69 Å². The van der Waals surface area contributed by atoms with Crippen LogP contribution < -0.4 is 16.4 Å². The number of amides is 1. The van der Waals surface area contributed by atoms with Gasteiger partial charge in [0, 0.05) is 24.9 Å². The number of nitro groups is 1. The van der Waals surface area contributed by atoms with Crippen molar-refractivity contribution in [1.29, 1.82) is 0 Å². The van der Waals surface area contributed by atoms with Crippen LogP contribution in [0.2, 0.25) is 0 Å². The van der Waals surface area contributed by atoms with Crippen molar-refractivity contribution in [3.63, 3.8) is 0 Å². The van der Waals surface area contributed by atoms with E-state index in [-0.39, 0.29) is 30.0 Å². The van der Waals surface area contributed by atoms with Crippen molar-refractivity contribution in [1.82, 2.24) is 10.3 Å². The zero-order valence-electron chi connectivity index (χ0n) is 13.6. The predicted octanol–water partition coefficient (Wildman–Crippen LogP) is 1.14. The minimum Gasteiger partial charge on any atom is -0.480 e. The zero-order valence-corrected chi connectivity index (χ0v) is 13.6. The number of nitrogens with two attached hydrogens (primary N) is 1. The number of pyridine rings is 1. The second-order valence-electron chi connectivity index (χ2n) is 5.37. The van der Waals surface area contributed by atoms with Gasteiger partial charge in [0.2, 0.25) is 5.91 Å². The Labute approximate surface area is 148 Å². The molecule has 136 valence electrons. The number of carboxylic acids is 1. The molecule has 0 aliphatic heterocycles. The summed E-state index contributed by atoms with van der Waals surface area (Å²) < 4.78 is 0. The molecule has 1 aromatic heterocycles. The summed E-state index contributed by atoms with van der Waals surface area (Å²) in [4.78, 5) is 37.7. The maximum atomic E-state index is 12.1. The van der Waals surface area contributed by atoms with Crippen LogP contribution in [0.25, 0.3) is 0 Å². The third-order valence-electron chi connectivity index (χ3n) is 3.47. The van der Waals surface area contributed by atoms with E-state index in [2.05, 4.69) is 15.6 Å². The Kier molecular flexibility index (Phi) is 6.17. The van der Waals surface area contributed by atoms with Gasteiger partial charge in [-0.3, -0.25) is 30.0 Å². The van der Waals surface area contributed by atoms with Crippen LogP contribution in [-0.4, -0.2) is 32.9 Å². The Bertz CT molecular complexity index is 812. The van der Waals surface area contributed by atoms with Crippen LogP contribution in [-0.2, 0) is 16.1 Å². The summed E-state index contributed by atoms with van der Waals surface area (Å²) in [5.74, 6) is -1.85. The standard InChI is InChI=1S/C16H17N5O5/c17-12-5-4-11(21(25)26)7-13(12)20-15(22)8-14(16(23)24)19-9-10-3-1-2-6-18-10/h1-7,14,19H,8-9,17H2,(H,20,22)(H,23,24). The van der Waals surface area contributed by atoms with Crippen molar-refractivity contribution < 1.29 is 19.6 Å². The summed E-state index contributed by atoms with van der Waals surface area (Å²) in [6.07, 6.45) is 1.19. The van der Waals surface area contributed by atoms with Crippen LogP contribution in [0.4, 0.5) is 17.1 Å². The summed E-state index contributed by atoms with van der Waals surface area (Å²) in [7, 11) is 0. The second-order valence-corrected chi connectivity index (χ2v) is 5.37. The fourth-order valence-electron chi connectivity index (χ4n) is 2.13. The van der Waals surface area contributed by atoms with Crippen molar-refractivity contribution in [2.24, 2.45) is 0 Å². The molecular weight excluding hydrogens is 342 g/mol. The van der Waals surface area contributed by atoms with Gasteiger partial charge in [-0.25, -0.2) is 0 Å². The average molecular weight is 359 g/mol. The summed E-state index contributed by atoms with van der Waals surface area (Å²) >= 11 is 0. The van der Waals surface area contributed by atoms with Crippen LogP contribution >= 0.6 is 0 Å². The van der Waals surface area contributed by atoms with Crippen molar-refractivity contribution in [3.8, 4) is 0 Å². The molecule has 1 unspecified atom stereocenters. The van der Waals surface area contributed by atoms with Crippen LogP contribution in [0.1, 0.15) is 12.1 Å². The number of anilines is 2. The number of nitrogen functional groups attached to an aromatic ring is 1. The Morgan fingerprint density at radius 3 is 2.69 bits per heavy atom. The van der Waals surface area contributed by atoms with Gasteiger partial charge < -0.3 is 16.2 Å². The highest BCUT2D eigenvalue weighted by Crippen LogP contribution is 2.24. The van der Waals surface area contributed by atoms with Crippen LogP contribution in [0.15, 0.2) is 42.6 Å². The first-order valence-electron chi connectivity index (χ1n) is 7.56. The molecule has 10 nitrogen and oxygen atoms in total. The first-order chi connectivity index (χ1) is 12.4. The molecule has 2 aromatic rings. The largest absolute Gasteiger partial charge is 0.480 e. The number of nitrogens with one attached hydrogen (secondary N) is 2. The number of carbonyl (C=O) groups is 2. The smallest absolute Gasteiger partial charge is 0.321 e. The molecule has 0 saturated heterocycles. The van der Waals surface area contributed by atoms with Crippen molar-refractivity contribution in [2.75, 3.05) is 11.1 Å². The van der Waals surface area contributed by atoms with Crippen molar-refractivity contribution >= 4 is 28.9 Å². The molecule has 0 saturated carbocycles. The van der Waals surface area contributed by atoms with Gasteiger partial charge in [-0.1, -0.05) is 6.07 Å². The van der Waals surface area contributed by atoms with E-state index in [4.69, 9.17) is 5.73 Å². The van der Waals surface area contributed by atoms with Gasteiger partial charge in [-0.05, 0) is 18.2 Å². The predicted molar refractivity (Wildman–Crippen MR) is 93.3 cm³/mol. The van der Waals surface area contributed by atoms with Crippen LogP contribution in [0, 0.1) is 10.1 Å². The molecule has 10 heteroatoms. The number of rotatable bonds is 8. The molecule has 1 amide bonds. The van der Waals surface area contributed by atoms with Gasteiger partial charge in [-0.15, -0.1) is 0 Å². The lowest BCUT2D eigenvalue weighted by atomic mass is 10.1. The summed E-state index contributed by atoms with van der Waals surface area (Å²) in [6.45, 7) is 0.171. The molecule has 0 radical (unpaired) electrons. The maximum absolute atomic E-state index is 12.1. The Morgan fingerprint density at radius 2 is 2.08 bits per heavy atom. The average Bonchev–Trinajstić information content (AvgIpc) is 2.61. The fraction of sp³-hybridized carbons (Fsp3) is 0.188. The third-order valence-corrected chi connectivity index (χ3v) is 3.47. The summed E-state index contributed by atoms with van der Waals surface area (Å²) in [5.41, 5.74) is 6.26. The van der Waals surface area contributed by atoms with Gasteiger partial charge >= 0.3 is 5.97 Å². The van der Waals surface area contributed by atoms with Crippen LogP contribution in [0.3, 0.4) is 0 Å². The van der Waals surface area contributed by atoms with E-state index in [9.17, 15) is 24.8 Å². The number of benzene rings is 1. The molecular formula is C16H17N5O5. The monoisotopic (exact) mass is 359 g/mol. The molecule has 5 N–H and O–H groups in total. The van der Waals surface area contributed by atoms with E-state index in [0.717, 1.165) is 6.07 Å². The van der Waals surface area contributed by atoms with Crippen molar-refractivity contribution in [3.05, 3.63) is 58.4 Å². The minimum absolute atomic E-state index is 0.0538. The highest BCUT2D eigenvalue weighted by molar-refractivity contribution is 5.96. The van der Waals surface area contributed by atoms with E-state index in [1.54, 1.807) is 24.4 Å². The van der Waals surface area contributed by atoms with Gasteiger partial charge in [0.25, 0.3) is 5.69 Å². The molecule has 0 aliphatic carbocycles. The van der Waals surface area contributed by atoms with Gasteiger partial charge in [0.1, 0.15) is 6.04 Å². The topological polar surface area (TPSA) is 160 Å². The number of aromatic nitrogens is 1. The van der Waals surface area contributed by atoms with Crippen LogP contribution in [0.5, 0.6) is 0 Å². The summed E-state index contributed by atoms with van der Waals surface area (Å²) in [6, 6.07) is 7.67. The molecule has 2 rings (SSSR count). The Morgan fingerprint density at radius 1 is 1.31 bits per heavy atom. The number of hydrogen-bond acceptors (Lipinski definition) is 7. The fourth-order valence-corrected chi connectivity index (χ4v) is 2.13. The maximum Gasteiger partial charge on any atom is 0.321 e. The lowest BCUT2D eigenvalue weighted by molar-refractivity contribution is -0.384. The molecule has 0 fully saturated rings. The molecule has 0 bridgehead atoms. The molecule has 0 aliphatic rings. The first kappa shape index (κ1) is 18.8. The number of hydrogen-bond donors (Lipinski definition) is 4. The highest BCUT2D eigenvalue weighted by Gasteiger charge is 2.22. The highest BCUT2D eigenvalue weighted by atomic mass is 16.6. The second kappa shape index (κ2) is 8.53. The van der Waals surface area contributed by atoms with Gasteiger partial charge in [0.05, 0.1) is 28.4 Å². The SMILES string of the molecule is Nc1ccc([N+](=O)[O-])cc1NC(=O)CC(NCc1ccccn1)C(=O)O. The van der Waals surface area contributed by atoms with E-state index in [1.165, 1.54) is 12.1 Å². The molecule has 0 spiro atoms. The molecule has 1 aromatic carbocycles. The Hall–Kier alpha value is -3.53. The number of nitrogens with zero attached hydrogens (tertiary/aromatic N) is 2. The first-order valence-corrected chi connectivity index (χ1v) is 7.56. The normalized spacial score (nSPS) is 11.5. The lowest BCUT2D eigenvalue weighted by Crippen LogP contribution is -2.39. The lowest BCUT2D eigenvalue weighted by Gasteiger charge is -2.14. The van der Waals surface area contributed by atoms with E-state index < -0.39 is 22.8 Å².